The van der Waals surface area contributed by atoms with E-state index in [4.69, 9.17) is 0 Å². The van der Waals surface area contributed by atoms with Crippen molar-refractivity contribution in [3.63, 3.8) is 0 Å². The third-order valence-electron chi connectivity index (χ3n) is 2.23. The van der Waals surface area contributed by atoms with Gasteiger partial charge in [-0.25, -0.2) is 8.51 Å². The molecule has 2 nitrogen and oxygen atoms in total. The Kier molecular flexibility index (Phi) is 2.94. The fraction of sp³-hybridized carbons (Fsp3) is 1.00. The van der Waals surface area contributed by atoms with Gasteiger partial charge in [-0.1, -0.05) is 0 Å². The monoisotopic (exact) mass is 189 g/mol. The molecule has 1 aliphatic rings. The highest BCUT2D eigenvalue weighted by Gasteiger charge is 2.32. The van der Waals surface area contributed by atoms with Crippen LogP contribution < -0.4 is 0 Å². The molecule has 0 radical (unpaired) electrons. The van der Waals surface area contributed by atoms with Crippen LogP contribution in [0.15, 0.2) is 0 Å². The lowest BCUT2D eigenvalue weighted by atomic mass is 10.3. The predicted molar refractivity (Wildman–Crippen MR) is 53.3 cm³/mol. The molecule has 0 N–H and O–H groups in total. The fourth-order valence-electron chi connectivity index (χ4n) is 1.51. The third-order valence-corrected chi connectivity index (χ3v) is 4.25. The number of hydrogen-bond donors (Lipinski definition) is 0. The summed E-state index contributed by atoms with van der Waals surface area (Å²) in [5.41, 5.74) is 0. The molecule has 1 aliphatic heterocycles. The molecule has 12 heavy (non-hydrogen) atoms. The van der Waals surface area contributed by atoms with Crippen molar-refractivity contribution in [3.8, 4) is 0 Å². The lowest BCUT2D eigenvalue weighted by molar-refractivity contribution is 0.428. The standard InChI is InChI=1S/C9H19NOS/c1-8-6-5-7-10(8)12(11)9(2,3)4/h8H,5-7H2,1-4H3. The maximum Gasteiger partial charge on any atom is 0.0999 e. The molecule has 0 bridgehead atoms. The first-order chi connectivity index (χ1) is 5.43. The van der Waals surface area contributed by atoms with Crippen LogP contribution in [-0.4, -0.2) is 25.8 Å². The van der Waals surface area contributed by atoms with Crippen LogP contribution in [0, 0.1) is 0 Å². The van der Waals surface area contributed by atoms with Crippen LogP contribution >= 0.6 is 0 Å². The van der Waals surface area contributed by atoms with Gasteiger partial charge in [-0.05, 0) is 40.5 Å². The second-order valence-electron chi connectivity index (χ2n) is 4.49. The molecule has 0 saturated carbocycles. The van der Waals surface area contributed by atoms with Crippen molar-refractivity contribution in [2.24, 2.45) is 0 Å². The van der Waals surface area contributed by atoms with Gasteiger partial charge in [0.05, 0.1) is 15.7 Å². The van der Waals surface area contributed by atoms with Gasteiger partial charge < -0.3 is 0 Å². The van der Waals surface area contributed by atoms with E-state index in [1.165, 1.54) is 12.8 Å². The van der Waals surface area contributed by atoms with Crippen molar-refractivity contribution >= 4 is 11.0 Å². The smallest absolute Gasteiger partial charge is 0.0999 e. The zero-order valence-electron chi connectivity index (χ0n) is 8.46. The second-order valence-corrected chi connectivity index (χ2v) is 6.69. The minimum absolute atomic E-state index is 0.0986. The Bertz CT molecular complexity index is 185. The van der Waals surface area contributed by atoms with E-state index < -0.39 is 11.0 Å². The van der Waals surface area contributed by atoms with Gasteiger partial charge in [-0.2, -0.15) is 0 Å². The Labute approximate surface area is 77.9 Å². The molecular formula is C9H19NOS. The van der Waals surface area contributed by atoms with Crippen molar-refractivity contribution in [1.29, 1.82) is 0 Å². The molecule has 0 spiro atoms. The van der Waals surface area contributed by atoms with Crippen LogP contribution in [0.4, 0.5) is 0 Å². The lowest BCUT2D eigenvalue weighted by Gasteiger charge is -2.28. The second kappa shape index (κ2) is 3.46. The fourth-order valence-corrected chi connectivity index (χ4v) is 2.94. The van der Waals surface area contributed by atoms with E-state index >= 15 is 0 Å². The van der Waals surface area contributed by atoms with Crippen LogP contribution in [0.25, 0.3) is 0 Å². The molecule has 1 heterocycles. The molecule has 1 rings (SSSR count). The SMILES string of the molecule is CC1CCCN1S(=O)C(C)(C)C. The molecule has 1 saturated heterocycles. The van der Waals surface area contributed by atoms with E-state index in [9.17, 15) is 4.21 Å². The summed E-state index contributed by atoms with van der Waals surface area (Å²) in [6.45, 7) is 9.28. The van der Waals surface area contributed by atoms with Crippen molar-refractivity contribution in [2.75, 3.05) is 6.54 Å². The summed E-state index contributed by atoms with van der Waals surface area (Å²) in [4.78, 5) is 0. The number of nitrogens with zero attached hydrogens (tertiary/aromatic N) is 1. The molecular weight excluding hydrogens is 170 g/mol. The molecule has 72 valence electrons. The molecule has 0 amide bonds. The summed E-state index contributed by atoms with van der Waals surface area (Å²) in [7, 11) is -0.809. The lowest BCUT2D eigenvalue weighted by Crippen LogP contribution is -2.39. The minimum Gasteiger partial charge on any atom is -0.242 e. The largest absolute Gasteiger partial charge is 0.242 e. The highest BCUT2D eigenvalue weighted by atomic mass is 32.2. The van der Waals surface area contributed by atoms with Crippen LogP contribution in [0.3, 0.4) is 0 Å². The zero-order valence-corrected chi connectivity index (χ0v) is 9.28. The van der Waals surface area contributed by atoms with Crippen molar-refractivity contribution in [2.45, 2.75) is 51.3 Å². The van der Waals surface area contributed by atoms with E-state index in [0.29, 0.717) is 6.04 Å². The maximum absolute atomic E-state index is 11.9. The van der Waals surface area contributed by atoms with Gasteiger partial charge in [0.2, 0.25) is 0 Å². The topological polar surface area (TPSA) is 20.3 Å². The van der Waals surface area contributed by atoms with Crippen molar-refractivity contribution < 1.29 is 4.21 Å². The first kappa shape index (κ1) is 10.2. The minimum atomic E-state index is -0.809. The van der Waals surface area contributed by atoms with E-state index in [-0.39, 0.29) is 4.75 Å². The van der Waals surface area contributed by atoms with Gasteiger partial charge in [0.25, 0.3) is 0 Å². The van der Waals surface area contributed by atoms with Crippen LogP contribution in [0.1, 0.15) is 40.5 Å². The number of hydrogen-bond acceptors (Lipinski definition) is 1. The number of rotatable bonds is 1. The summed E-state index contributed by atoms with van der Waals surface area (Å²) >= 11 is 0. The molecule has 2 atom stereocenters. The molecule has 0 aromatic carbocycles. The zero-order chi connectivity index (χ0) is 9.35. The summed E-state index contributed by atoms with van der Waals surface area (Å²) in [6, 6.07) is 0.505. The normalized spacial score (nSPS) is 29.2. The van der Waals surface area contributed by atoms with Gasteiger partial charge in [0.1, 0.15) is 0 Å². The van der Waals surface area contributed by atoms with Gasteiger partial charge in [0, 0.05) is 12.6 Å². The van der Waals surface area contributed by atoms with Gasteiger partial charge >= 0.3 is 0 Å². The van der Waals surface area contributed by atoms with Gasteiger partial charge in [-0.15, -0.1) is 0 Å². The quantitative estimate of drug-likeness (QED) is 0.617. The van der Waals surface area contributed by atoms with Crippen molar-refractivity contribution in [1.82, 2.24) is 4.31 Å². The molecule has 3 heteroatoms. The van der Waals surface area contributed by atoms with Crippen molar-refractivity contribution in [3.05, 3.63) is 0 Å². The molecule has 2 unspecified atom stereocenters. The first-order valence-corrected chi connectivity index (χ1v) is 5.72. The molecule has 0 aromatic heterocycles. The summed E-state index contributed by atoms with van der Waals surface area (Å²) < 4.78 is 13.9. The summed E-state index contributed by atoms with van der Waals surface area (Å²) in [5.74, 6) is 0. The Hall–Kier alpha value is 0.110. The van der Waals surface area contributed by atoms with Crippen LogP contribution in [-0.2, 0) is 11.0 Å². The molecule has 0 aliphatic carbocycles. The Morgan fingerprint density at radius 2 is 2.00 bits per heavy atom. The van der Waals surface area contributed by atoms with Gasteiger partial charge in [-0.3, -0.25) is 0 Å². The first-order valence-electron chi connectivity index (χ1n) is 4.61. The predicted octanol–water partition coefficient (Wildman–Crippen LogP) is 1.93. The van der Waals surface area contributed by atoms with E-state index in [1.807, 2.05) is 20.8 Å². The van der Waals surface area contributed by atoms with Crippen LogP contribution in [0.2, 0.25) is 0 Å². The van der Waals surface area contributed by atoms with E-state index in [0.717, 1.165) is 6.54 Å². The summed E-state index contributed by atoms with van der Waals surface area (Å²) in [6.07, 6.45) is 2.39. The van der Waals surface area contributed by atoms with Crippen LogP contribution in [0.5, 0.6) is 0 Å². The average molecular weight is 189 g/mol. The van der Waals surface area contributed by atoms with E-state index in [1.54, 1.807) is 0 Å². The molecule has 0 aromatic rings. The Balaban J connectivity index is 2.64. The Morgan fingerprint density at radius 1 is 1.42 bits per heavy atom. The summed E-state index contributed by atoms with van der Waals surface area (Å²) in [5, 5.41) is 0. The average Bonchev–Trinajstić information content (AvgIpc) is 2.31. The highest BCUT2D eigenvalue weighted by Crippen LogP contribution is 2.24. The Morgan fingerprint density at radius 3 is 2.33 bits per heavy atom. The third kappa shape index (κ3) is 2.07. The maximum atomic E-state index is 11.9. The van der Waals surface area contributed by atoms with E-state index in [2.05, 4.69) is 11.2 Å². The molecule has 1 fully saturated rings. The highest BCUT2D eigenvalue weighted by molar-refractivity contribution is 7.84. The van der Waals surface area contributed by atoms with Gasteiger partial charge in [0.15, 0.2) is 0 Å².